The van der Waals surface area contributed by atoms with Crippen molar-refractivity contribution in [1.82, 2.24) is 14.8 Å². The van der Waals surface area contributed by atoms with Gasteiger partial charge in [0.25, 0.3) is 5.91 Å². The van der Waals surface area contributed by atoms with Crippen molar-refractivity contribution in [2.45, 2.75) is 20.0 Å². The molecule has 3 amide bonds. The summed E-state index contributed by atoms with van der Waals surface area (Å²) in [5, 5.41) is 3.66. The molecule has 3 heterocycles. The van der Waals surface area contributed by atoms with E-state index < -0.39 is 17.9 Å². The zero-order valence-electron chi connectivity index (χ0n) is 19.3. The second-order valence-corrected chi connectivity index (χ2v) is 8.22. The Hall–Kier alpha value is -4.59. The molecule has 8 nitrogen and oxygen atoms in total. The molecule has 2 aromatic heterocycles. The normalized spacial score (nSPS) is 14.7. The van der Waals surface area contributed by atoms with Crippen molar-refractivity contribution in [3.05, 3.63) is 101 Å². The molecule has 5 rings (SSSR count). The van der Waals surface area contributed by atoms with E-state index in [2.05, 4.69) is 26.8 Å². The molecule has 2 aromatic carbocycles. The number of amides is 3. The Balaban J connectivity index is 1.46. The highest BCUT2D eigenvalue weighted by atomic mass is 16.5. The molecule has 0 aliphatic carbocycles. The molecule has 0 bridgehead atoms. The summed E-state index contributed by atoms with van der Waals surface area (Å²) in [6.45, 7) is 2.59. The van der Waals surface area contributed by atoms with Crippen molar-refractivity contribution in [2.75, 3.05) is 7.11 Å². The van der Waals surface area contributed by atoms with Crippen LogP contribution in [0.4, 0.5) is 4.79 Å². The number of benzene rings is 2. The summed E-state index contributed by atoms with van der Waals surface area (Å²) in [4.78, 5) is 38.4. The van der Waals surface area contributed by atoms with Crippen LogP contribution in [0.2, 0.25) is 0 Å². The molecule has 0 saturated carbocycles. The number of ether oxygens (including phenoxy) is 1. The average molecular weight is 469 g/mol. The molecule has 35 heavy (non-hydrogen) atoms. The zero-order valence-corrected chi connectivity index (χ0v) is 19.3. The quantitative estimate of drug-likeness (QED) is 0.255. The predicted molar refractivity (Wildman–Crippen MR) is 129 cm³/mol. The van der Waals surface area contributed by atoms with Gasteiger partial charge < -0.3 is 19.0 Å². The van der Waals surface area contributed by atoms with Gasteiger partial charge in [-0.2, -0.15) is 0 Å². The summed E-state index contributed by atoms with van der Waals surface area (Å²) >= 11 is 0. The van der Waals surface area contributed by atoms with E-state index in [1.165, 1.54) is 19.2 Å². The molecule has 0 unspecified atom stereocenters. The van der Waals surface area contributed by atoms with Gasteiger partial charge in [-0.1, -0.05) is 48.5 Å². The summed E-state index contributed by atoms with van der Waals surface area (Å²) in [5.41, 5.74) is 4.24. The molecule has 4 aromatic rings. The first kappa shape index (κ1) is 22.2. The second kappa shape index (κ2) is 8.98. The molecule has 1 N–H and O–H groups in total. The number of para-hydroxylation sites is 1. The lowest BCUT2D eigenvalue weighted by Gasteiger charge is -2.09. The molecule has 176 valence electrons. The van der Waals surface area contributed by atoms with E-state index in [9.17, 15) is 14.4 Å². The second-order valence-electron chi connectivity index (χ2n) is 8.22. The number of imide groups is 1. The number of esters is 1. The zero-order chi connectivity index (χ0) is 24.5. The van der Waals surface area contributed by atoms with E-state index in [0.29, 0.717) is 12.3 Å². The number of nitrogens with one attached hydrogen (secondary N) is 1. The Bertz CT molecular complexity index is 1480. The van der Waals surface area contributed by atoms with Crippen LogP contribution in [0.3, 0.4) is 0 Å². The molecule has 1 saturated heterocycles. The molecule has 1 fully saturated rings. The maximum atomic E-state index is 13.1. The van der Waals surface area contributed by atoms with Gasteiger partial charge in [-0.25, -0.2) is 9.59 Å². The Morgan fingerprint density at radius 2 is 1.74 bits per heavy atom. The van der Waals surface area contributed by atoms with Crippen LogP contribution in [0.5, 0.6) is 0 Å². The molecule has 1 aliphatic rings. The standard InChI is InChI=1S/C27H23N3O5/c1-17-21(20-10-6-7-11-23(20)29(17)15-18-8-4-3-5-9-18)14-22-25(31)30(27(33)28-22)16-19-12-13-24(35-19)26(32)34-2/h3-14H,15-16H2,1-2H3,(H,28,33). The Kier molecular flexibility index (Phi) is 5.70. The van der Waals surface area contributed by atoms with E-state index in [1.54, 1.807) is 6.08 Å². The van der Waals surface area contributed by atoms with Crippen LogP contribution in [0.15, 0.2) is 76.8 Å². The van der Waals surface area contributed by atoms with Crippen molar-refractivity contribution in [2.24, 2.45) is 0 Å². The lowest BCUT2D eigenvalue weighted by atomic mass is 10.1. The van der Waals surface area contributed by atoms with Crippen LogP contribution in [0, 0.1) is 6.92 Å². The van der Waals surface area contributed by atoms with Crippen molar-refractivity contribution in [3.8, 4) is 0 Å². The van der Waals surface area contributed by atoms with Crippen molar-refractivity contribution in [1.29, 1.82) is 0 Å². The number of hydrogen-bond donors (Lipinski definition) is 1. The number of carbonyl (C=O) groups excluding carboxylic acids is 3. The fraction of sp³-hybridized carbons (Fsp3) is 0.148. The lowest BCUT2D eigenvalue weighted by molar-refractivity contribution is -0.123. The van der Waals surface area contributed by atoms with Gasteiger partial charge in [0.2, 0.25) is 5.76 Å². The number of nitrogens with zero attached hydrogens (tertiary/aromatic N) is 2. The van der Waals surface area contributed by atoms with Crippen LogP contribution in [0.1, 0.15) is 33.1 Å². The minimum Gasteiger partial charge on any atom is -0.463 e. The molecule has 1 aliphatic heterocycles. The van der Waals surface area contributed by atoms with Crippen LogP contribution in [0.25, 0.3) is 17.0 Å². The highest BCUT2D eigenvalue weighted by Gasteiger charge is 2.35. The molecular formula is C27H23N3O5. The number of aromatic nitrogens is 1. The summed E-state index contributed by atoms with van der Waals surface area (Å²) in [6.07, 6.45) is 1.72. The van der Waals surface area contributed by atoms with Gasteiger partial charge in [0.1, 0.15) is 11.5 Å². The van der Waals surface area contributed by atoms with Gasteiger partial charge >= 0.3 is 12.0 Å². The molecule has 0 atom stereocenters. The topological polar surface area (TPSA) is 93.8 Å². The number of rotatable bonds is 6. The number of fused-ring (bicyclic) bond motifs is 1. The lowest BCUT2D eigenvalue weighted by Crippen LogP contribution is -2.30. The maximum absolute atomic E-state index is 13.1. The van der Waals surface area contributed by atoms with Crippen LogP contribution < -0.4 is 5.32 Å². The fourth-order valence-electron chi connectivity index (χ4n) is 4.30. The Morgan fingerprint density at radius 1 is 1.00 bits per heavy atom. The summed E-state index contributed by atoms with van der Waals surface area (Å²) in [7, 11) is 1.25. The van der Waals surface area contributed by atoms with Crippen LogP contribution in [-0.2, 0) is 22.6 Å². The van der Waals surface area contributed by atoms with Crippen molar-refractivity contribution >= 4 is 34.9 Å². The number of methoxy groups -OCH3 is 1. The van der Waals surface area contributed by atoms with Gasteiger partial charge in [-0.3, -0.25) is 9.69 Å². The summed E-state index contributed by atoms with van der Waals surface area (Å²) in [5.74, 6) is -0.792. The minimum atomic E-state index is -0.628. The first-order chi connectivity index (χ1) is 17.0. The minimum absolute atomic E-state index is 0.00664. The summed E-state index contributed by atoms with van der Waals surface area (Å²) < 4.78 is 12.2. The van der Waals surface area contributed by atoms with Crippen molar-refractivity contribution in [3.63, 3.8) is 0 Å². The van der Waals surface area contributed by atoms with E-state index in [4.69, 9.17) is 4.42 Å². The largest absolute Gasteiger partial charge is 0.463 e. The van der Waals surface area contributed by atoms with Crippen LogP contribution in [-0.4, -0.2) is 34.5 Å². The smallest absolute Gasteiger partial charge is 0.373 e. The first-order valence-corrected chi connectivity index (χ1v) is 11.1. The van der Waals surface area contributed by atoms with Gasteiger partial charge in [0.05, 0.1) is 13.7 Å². The SMILES string of the molecule is COC(=O)c1ccc(CN2C(=O)NC(=Cc3c(C)n(Cc4ccccc4)c4ccccc34)C2=O)o1. The molecule has 0 spiro atoms. The predicted octanol–water partition coefficient (Wildman–Crippen LogP) is 4.47. The highest BCUT2D eigenvalue weighted by molar-refractivity contribution is 6.14. The number of furan rings is 1. The van der Waals surface area contributed by atoms with Gasteiger partial charge in [0, 0.05) is 28.7 Å². The monoisotopic (exact) mass is 469 g/mol. The highest BCUT2D eigenvalue weighted by Crippen LogP contribution is 2.30. The third-order valence-electron chi connectivity index (χ3n) is 6.08. The fourth-order valence-corrected chi connectivity index (χ4v) is 4.30. The van der Waals surface area contributed by atoms with Gasteiger partial charge in [-0.15, -0.1) is 0 Å². The third-order valence-corrected chi connectivity index (χ3v) is 6.08. The number of urea groups is 1. The van der Waals surface area contributed by atoms with Gasteiger partial charge in [0.15, 0.2) is 0 Å². The molecular weight excluding hydrogens is 446 g/mol. The Morgan fingerprint density at radius 3 is 2.51 bits per heavy atom. The van der Waals surface area contributed by atoms with E-state index >= 15 is 0 Å². The van der Waals surface area contributed by atoms with E-state index in [0.717, 1.165) is 32.6 Å². The third kappa shape index (κ3) is 4.10. The van der Waals surface area contributed by atoms with E-state index in [1.807, 2.05) is 49.4 Å². The molecule has 8 heteroatoms. The number of carbonyl (C=O) groups is 3. The molecule has 0 radical (unpaired) electrons. The van der Waals surface area contributed by atoms with Gasteiger partial charge in [-0.05, 0) is 36.8 Å². The van der Waals surface area contributed by atoms with Crippen LogP contribution >= 0.6 is 0 Å². The average Bonchev–Trinajstić information content (AvgIpc) is 3.53. The number of hydrogen-bond acceptors (Lipinski definition) is 5. The maximum Gasteiger partial charge on any atom is 0.373 e. The Labute approximate surface area is 201 Å². The van der Waals surface area contributed by atoms with Crippen molar-refractivity contribution < 1.29 is 23.5 Å². The summed E-state index contributed by atoms with van der Waals surface area (Å²) in [6, 6.07) is 20.6. The first-order valence-electron chi connectivity index (χ1n) is 11.1. The van der Waals surface area contributed by atoms with E-state index in [-0.39, 0.29) is 18.0 Å².